The van der Waals surface area contributed by atoms with Crippen molar-refractivity contribution in [1.82, 2.24) is 0 Å². The van der Waals surface area contributed by atoms with Crippen LogP contribution < -0.4 is 0 Å². The number of rotatable bonds is 4. The molecular weight excluding hydrogens is 329 g/mol. The molecule has 1 N–H and O–H groups in total. The van der Waals surface area contributed by atoms with Crippen LogP contribution in [-0.4, -0.2) is 17.6 Å². The number of aliphatic hydroxyl groups is 1. The summed E-state index contributed by atoms with van der Waals surface area (Å²) in [6.45, 7) is 6.44. The highest BCUT2D eigenvalue weighted by Gasteiger charge is 2.51. The fourth-order valence-electron chi connectivity index (χ4n) is 2.81. The number of carbonyl (C=O) groups is 1. The van der Waals surface area contributed by atoms with Gasteiger partial charge < -0.3 is 5.11 Å². The zero-order valence-corrected chi connectivity index (χ0v) is 14.6. The maximum atomic E-state index is 13.0. The van der Waals surface area contributed by atoms with Crippen LogP contribution in [-0.2, 0) is 5.60 Å². The van der Waals surface area contributed by atoms with Crippen LogP contribution in [0.15, 0.2) is 36.4 Å². The highest BCUT2D eigenvalue weighted by Crippen LogP contribution is 2.40. The summed E-state index contributed by atoms with van der Waals surface area (Å²) in [5, 5.41) is 9.86. The molecule has 0 aliphatic rings. The van der Waals surface area contributed by atoms with E-state index in [1.54, 1.807) is 25.1 Å². The Balaban J connectivity index is 2.58. The van der Waals surface area contributed by atoms with E-state index < -0.39 is 11.8 Å². The highest BCUT2D eigenvalue weighted by molar-refractivity contribution is 5.80. The number of hydrogen-bond acceptors (Lipinski definition) is 2. The van der Waals surface area contributed by atoms with Gasteiger partial charge in [-0.3, -0.25) is 4.79 Å². The van der Waals surface area contributed by atoms with Gasteiger partial charge in [0, 0.05) is 5.56 Å². The minimum Gasteiger partial charge on any atom is -0.376 e. The Hall–Kier alpha value is -2.14. The van der Waals surface area contributed by atoms with Gasteiger partial charge in [0.2, 0.25) is 0 Å². The summed E-state index contributed by atoms with van der Waals surface area (Å²) >= 11 is 0. The molecule has 2 aromatic carbocycles. The number of halogens is 3. The van der Waals surface area contributed by atoms with Crippen LogP contribution >= 0.6 is 0 Å². The molecule has 1 atom stereocenters. The lowest BCUT2D eigenvalue weighted by atomic mass is 9.86. The maximum Gasteiger partial charge on any atom is 0.421 e. The standard InChI is InChI=1S/C20H21F3O2/c1-12(2)18-10-14(11-24)5-7-17(18)16-8-6-15(9-13(16)3)19(4,25)20(21,22)23/h5-12,25H,1-4H3. The van der Waals surface area contributed by atoms with Crippen LogP contribution in [0, 0.1) is 6.92 Å². The Morgan fingerprint density at radius 1 is 1.04 bits per heavy atom. The van der Waals surface area contributed by atoms with Gasteiger partial charge in [-0.2, -0.15) is 13.2 Å². The minimum absolute atomic E-state index is 0.146. The molecule has 0 amide bonds. The molecule has 25 heavy (non-hydrogen) atoms. The second-order valence-electron chi connectivity index (χ2n) is 6.72. The fraction of sp³-hybridized carbons (Fsp3) is 0.350. The van der Waals surface area contributed by atoms with Gasteiger partial charge in [0.25, 0.3) is 0 Å². The van der Waals surface area contributed by atoms with Gasteiger partial charge in [-0.05, 0) is 53.6 Å². The molecule has 0 aliphatic carbocycles. The molecule has 2 aromatic rings. The first-order valence-electron chi connectivity index (χ1n) is 7.98. The normalized spacial score (nSPS) is 14.4. The summed E-state index contributed by atoms with van der Waals surface area (Å²) in [7, 11) is 0. The van der Waals surface area contributed by atoms with Gasteiger partial charge in [-0.25, -0.2) is 0 Å². The van der Waals surface area contributed by atoms with E-state index in [0.29, 0.717) is 11.1 Å². The first-order chi connectivity index (χ1) is 11.5. The number of carbonyl (C=O) groups excluding carboxylic acids is 1. The molecule has 134 valence electrons. The second kappa shape index (κ2) is 6.64. The van der Waals surface area contributed by atoms with E-state index in [-0.39, 0.29) is 11.5 Å². The van der Waals surface area contributed by atoms with Gasteiger partial charge >= 0.3 is 6.18 Å². The molecule has 2 rings (SSSR count). The molecule has 2 nitrogen and oxygen atoms in total. The average molecular weight is 350 g/mol. The van der Waals surface area contributed by atoms with Crippen molar-refractivity contribution < 1.29 is 23.1 Å². The van der Waals surface area contributed by atoms with Gasteiger partial charge in [0.15, 0.2) is 5.60 Å². The maximum absolute atomic E-state index is 13.0. The third-order valence-corrected chi connectivity index (χ3v) is 4.46. The lowest BCUT2D eigenvalue weighted by molar-refractivity contribution is -0.258. The van der Waals surface area contributed by atoms with E-state index in [1.165, 1.54) is 12.1 Å². The lowest BCUT2D eigenvalue weighted by Crippen LogP contribution is -2.39. The summed E-state index contributed by atoms with van der Waals surface area (Å²) in [6, 6.07) is 9.55. The van der Waals surface area contributed by atoms with Gasteiger partial charge in [-0.15, -0.1) is 0 Å². The van der Waals surface area contributed by atoms with Crippen LogP contribution in [0.1, 0.15) is 53.7 Å². The number of alkyl halides is 3. The first kappa shape index (κ1) is 19.2. The molecule has 0 fully saturated rings. The Morgan fingerprint density at radius 2 is 1.64 bits per heavy atom. The van der Waals surface area contributed by atoms with Gasteiger partial charge in [0.05, 0.1) is 0 Å². The Kier molecular flexibility index (Phi) is 5.09. The number of hydrogen-bond donors (Lipinski definition) is 1. The van der Waals surface area contributed by atoms with E-state index in [0.717, 1.165) is 29.9 Å². The molecule has 0 aromatic heterocycles. The van der Waals surface area contributed by atoms with E-state index >= 15 is 0 Å². The molecule has 0 spiro atoms. The van der Waals surface area contributed by atoms with Crippen molar-refractivity contribution in [1.29, 1.82) is 0 Å². The van der Waals surface area contributed by atoms with E-state index in [2.05, 4.69) is 0 Å². The van der Waals surface area contributed by atoms with Crippen LogP contribution in [0.2, 0.25) is 0 Å². The Morgan fingerprint density at radius 3 is 2.12 bits per heavy atom. The number of aryl methyl sites for hydroxylation is 1. The Bertz CT molecular complexity index is 790. The molecule has 0 bridgehead atoms. The van der Waals surface area contributed by atoms with Crippen molar-refractivity contribution in [3.05, 3.63) is 58.7 Å². The zero-order valence-electron chi connectivity index (χ0n) is 14.6. The summed E-state index contributed by atoms with van der Waals surface area (Å²) in [6.07, 6.45) is -3.98. The molecule has 0 aliphatic heterocycles. The van der Waals surface area contributed by atoms with Gasteiger partial charge in [-0.1, -0.05) is 44.2 Å². The van der Waals surface area contributed by atoms with Crippen molar-refractivity contribution in [2.75, 3.05) is 0 Å². The minimum atomic E-state index is -4.75. The average Bonchev–Trinajstić information content (AvgIpc) is 2.53. The van der Waals surface area contributed by atoms with E-state index in [9.17, 15) is 23.1 Å². The molecule has 0 saturated heterocycles. The Labute approximate surface area is 145 Å². The smallest absolute Gasteiger partial charge is 0.376 e. The first-order valence-corrected chi connectivity index (χ1v) is 7.98. The molecule has 0 saturated carbocycles. The largest absolute Gasteiger partial charge is 0.421 e. The van der Waals surface area contributed by atoms with Gasteiger partial charge in [0.1, 0.15) is 6.29 Å². The second-order valence-corrected chi connectivity index (χ2v) is 6.72. The summed E-state index contributed by atoms with van der Waals surface area (Å²) in [5.41, 5.74) is 0.682. The topological polar surface area (TPSA) is 37.3 Å². The summed E-state index contributed by atoms with van der Waals surface area (Å²) < 4.78 is 39.1. The lowest BCUT2D eigenvalue weighted by Gasteiger charge is -2.27. The van der Waals surface area contributed by atoms with Crippen LogP contribution in [0.4, 0.5) is 13.2 Å². The van der Waals surface area contributed by atoms with E-state index in [1.807, 2.05) is 19.9 Å². The monoisotopic (exact) mass is 350 g/mol. The van der Waals surface area contributed by atoms with Crippen LogP contribution in [0.25, 0.3) is 11.1 Å². The quantitative estimate of drug-likeness (QED) is 0.753. The number of aldehydes is 1. The SMILES string of the molecule is Cc1cc(C(C)(O)C(F)(F)F)ccc1-c1ccc(C=O)cc1C(C)C. The van der Waals surface area contributed by atoms with Crippen molar-refractivity contribution in [2.24, 2.45) is 0 Å². The summed E-state index contributed by atoms with van der Waals surface area (Å²) in [4.78, 5) is 11.0. The molecular formula is C20H21F3O2. The summed E-state index contributed by atoms with van der Waals surface area (Å²) in [5.74, 6) is 0.146. The number of benzene rings is 2. The fourth-order valence-corrected chi connectivity index (χ4v) is 2.81. The van der Waals surface area contributed by atoms with Crippen molar-refractivity contribution >= 4 is 6.29 Å². The molecule has 5 heteroatoms. The molecule has 0 heterocycles. The van der Waals surface area contributed by atoms with Crippen LogP contribution in [0.3, 0.4) is 0 Å². The third kappa shape index (κ3) is 3.61. The zero-order chi connectivity index (χ0) is 19.0. The molecule has 0 radical (unpaired) electrons. The van der Waals surface area contributed by atoms with Crippen molar-refractivity contribution in [3.8, 4) is 11.1 Å². The predicted octanol–water partition coefficient (Wildman–Crippen LogP) is 5.37. The third-order valence-electron chi connectivity index (χ3n) is 4.46. The van der Waals surface area contributed by atoms with Crippen molar-refractivity contribution in [3.63, 3.8) is 0 Å². The highest BCUT2D eigenvalue weighted by atomic mass is 19.4. The predicted molar refractivity (Wildman–Crippen MR) is 91.7 cm³/mol. The van der Waals surface area contributed by atoms with E-state index in [4.69, 9.17) is 0 Å². The molecule has 1 unspecified atom stereocenters. The van der Waals surface area contributed by atoms with Crippen molar-refractivity contribution in [2.45, 2.75) is 45.4 Å². The van der Waals surface area contributed by atoms with Crippen LogP contribution in [0.5, 0.6) is 0 Å².